The van der Waals surface area contributed by atoms with E-state index in [2.05, 4.69) is 41.5 Å². The van der Waals surface area contributed by atoms with E-state index in [0.717, 1.165) is 34.0 Å². The zero-order valence-corrected chi connectivity index (χ0v) is 15.7. The van der Waals surface area contributed by atoms with Crippen molar-refractivity contribution in [2.24, 2.45) is 5.92 Å². The van der Waals surface area contributed by atoms with E-state index < -0.39 is 0 Å². The molecule has 0 spiro atoms. The molecule has 1 aliphatic rings. The molecule has 1 amide bonds. The highest BCUT2D eigenvalue weighted by Gasteiger charge is 2.26. The normalized spacial score (nSPS) is 16.1. The van der Waals surface area contributed by atoms with Gasteiger partial charge in [0.1, 0.15) is 0 Å². The number of benzene rings is 1. The number of hydrogen-bond donors (Lipinski definition) is 2. The number of thiazole rings is 1. The third-order valence-electron chi connectivity index (χ3n) is 4.96. The molecule has 1 aromatic heterocycles. The fourth-order valence-corrected chi connectivity index (χ4v) is 4.56. The molecule has 1 fully saturated rings. The van der Waals surface area contributed by atoms with Gasteiger partial charge in [-0.15, -0.1) is 11.3 Å². The maximum absolute atomic E-state index is 12.5. The fraction of sp³-hybridized carbons (Fsp3) is 0.500. The number of hydrogen-bond acceptors (Lipinski definition) is 4. The van der Waals surface area contributed by atoms with Crippen LogP contribution in [0.5, 0.6) is 0 Å². The van der Waals surface area contributed by atoms with E-state index in [4.69, 9.17) is 0 Å². The van der Waals surface area contributed by atoms with Crippen molar-refractivity contribution < 1.29 is 9.90 Å². The largest absolute Gasteiger partial charge is 0.394 e. The number of aliphatic hydroxyl groups is 1. The first-order valence-corrected chi connectivity index (χ1v) is 9.82. The van der Waals surface area contributed by atoms with Crippen LogP contribution in [0.3, 0.4) is 0 Å². The van der Waals surface area contributed by atoms with Crippen LogP contribution in [0, 0.1) is 19.8 Å². The van der Waals surface area contributed by atoms with E-state index in [0.29, 0.717) is 12.3 Å². The van der Waals surface area contributed by atoms with Crippen LogP contribution in [0.1, 0.15) is 41.1 Å². The number of carbonyl (C=O) groups is 1. The maximum atomic E-state index is 12.5. The summed E-state index contributed by atoms with van der Waals surface area (Å²) in [5, 5.41) is 13.6. The molecule has 4 nitrogen and oxygen atoms in total. The topological polar surface area (TPSA) is 62.2 Å². The Bertz CT molecular complexity index is 718. The summed E-state index contributed by atoms with van der Waals surface area (Å²) in [6, 6.07) is 8.12. The summed E-state index contributed by atoms with van der Waals surface area (Å²) in [4.78, 5) is 18.2. The van der Waals surface area contributed by atoms with Crippen molar-refractivity contribution >= 4 is 17.2 Å². The summed E-state index contributed by atoms with van der Waals surface area (Å²) in [5.74, 6) is 0.386. The Hall–Kier alpha value is -1.72. The lowest BCUT2D eigenvalue weighted by Crippen LogP contribution is -2.42. The molecular weight excluding hydrogens is 332 g/mol. The van der Waals surface area contributed by atoms with Crippen molar-refractivity contribution in [1.82, 2.24) is 10.3 Å². The Morgan fingerprint density at radius 2 is 1.96 bits per heavy atom. The number of nitrogens with one attached hydrogen (secondary N) is 1. The number of nitrogens with zero attached hydrogens (tertiary/aromatic N) is 1. The van der Waals surface area contributed by atoms with Crippen LogP contribution in [0.4, 0.5) is 0 Å². The molecule has 0 bridgehead atoms. The van der Waals surface area contributed by atoms with Crippen molar-refractivity contribution in [2.45, 2.75) is 52.0 Å². The van der Waals surface area contributed by atoms with Gasteiger partial charge in [-0.3, -0.25) is 4.79 Å². The van der Waals surface area contributed by atoms with Crippen LogP contribution < -0.4 is 5.32 Å². The smallest absolute Gasteiger partial charge is 0.225 e. The number of rotatable bonds is 6. The minimum absolute atomic E-state index is 0.0168. The summed E-state index contributed by atoms with van der Waals surface area (Å²) >= 11 is 1.57. The van der Waals surface area contributed by atoms with Gasteiger partial charge in [0.25, 0.3) is 0 Å². The van der Waals surface area contributed by atoms with E-state index in [9.17, 15) is 9.90 Å². The molecule has 5 heteroatoms. The summed E-state index contributed by atoms with van der Waals surface area (Å²) in [6.07, 6.45) is 4.91. The lowest BCUT2D eigenvalue weighted by atomic mass is 9.98. The lowest BCUT2D eigenvalue weighted by Gasteiger charge is -2.22. The maximum Gasteiger partial charge on any atom is 0.225 e. The van der Waals surface area contributed by atoms with Crippen molar-refractivity contribution in [1.29, 1.82) is 0 Å². The molecular formula is C20H26N2O2S. The standard InChI is InChI=1S/C20H26N2O2S/c1-13-7-9-16(10-8-13)20-18(25-14(2)21-20)11-19(24)22-17(12-23)15-5-3-4-6-15/h7-10,15,17,23H,3-6,11-12H2,1-2H3,(H,22,24). The van der Waals surface area contributed by atoms with Gasteiger partial charge in [0.05, 0.1) is 29.8 Å². The molecule has 25 heavy (non-hydrogen) atoms. The van der Waals surface area contributed by atoms with Crippen LogP contribution >= 0.6 is 11.3 Å². The van der Waals surface area contributed by atoms with Crippen molar-refractivity contribution in [2.75, 3.05) is 6.61 Å². The highest BCUT2D eigenvalue weighted by Crippen LogP contribution is 2.30. The summed E-state index contributed by atoms with van der Waals surface area (Å²) in [6.45, 7) is 4.05. The number of aromatic nitrogens is 1. The zero-order chi connectivity index (χ0) is 17.8. The Labute approximate surface area is 153 Å². The van der Waals surface area contributed by atoms with E-state index >= 15 is 0 Å². The minimum atomic E-state index is -0.119. The molecule has 134 valence electrons. The van der Waals surface area contributed by atoms with Crippen molar-refractivity contribution in [3.05, 3.63) is 39.7 Å². The second kappa shape index (κ2) is 8.11. The second-order valence-electron chi connectivity index (χ2n) is 6.95. The zero-order valence-electron chi connectivity index (χ0n) is 14.9. The molecule has 0 saturated heterocycles. The Balaban J connectivity index is 1.71. The van der Waals surface area contributed by atoms with Gasteiger partial charge in [0.2, 0.25) is 5.91 Å². The predicted octanol–water partition coefficient (Wildman–Crippen LogP) is 3.64. The average molecular weight is 359 g/mol. The molecule has 2 aromatic rings. The van der Waals surface area contributed by atoms with Crippen molar-refractivity contribution in [3.8, 4) is 11.3 Å². The number of aliphatic hydroxyl groups excluding tert-OH is 1. The number of carbonyl (C=O) groups excluding carboxylic acids is 1. The van der Waals surface area contributed by atoms with Gasteiger partial charge in [-0.2, -0.15) is 0 Å². The Morgan fingerprint density at radius 1 is 1.28 bits per heavy atom. The lowest BCUT2D eigenvalue weighted by molar-refractivity contribution is -0.121. The van der Waals surface area contributed by atoms with E-state index in [-0.39, 0.29) is 18.6 Å². The summed E-state index contributed by atoms with van der Waals surface area (Å²) in [7, 11) is 0. The van der Waals surface area contributed by atoms with Gasteiger partial charge < -0.3 is 10.4 Å². The Kier molecular flexibility index (Phi) is 5.86. The average Bonchev–Trinajstić information content (AvgIpc) is 3.23. The van der Waals surface area contributed by atoms with Gasteiger partial charge in [-0.05, 0) is 32.6 Å². The molecule has 3 rings (SSSR count). The van der Waals surface area contributed by atoms with Crippen LogP contribution in [0.15, 0.2) is 24.3 Å². The molecule has 1 heterocycles. The van der Waals surface area contributed by atoms with Crippen LogP contribution in [0.25, 0.3) is 11.3 Å². The molecule has 1 aromatic carbocycles. The van der Waals surface area contributed by atoms with E-state index in [1.165, 1.54) is 18.4 Å². The van der Waals surface area contributed by atoms with Gasteiger partial charge in [-0.25, -0.2) is 4.98 Å². The second-order valence-corrected chi connectivity index (χ2v) is 8.24. The third-order valence-corrected chi connectivity index (χ3v) is 5.93. The third kappa shape index (κ3) is 4.47. The predicted molar refractivity (Wildman–Crippen MR) is 102 cm³/mol. The van der Waals surface area contributed by atoms with Crippen LogP contribution in [0.2, 0.25) is 0 Å². The molecule has 1 aliphatic carbocycles. The highest BCUT2D eigenvalue weighted by molar-refractivity contribution is 7.12. The molecule has 0 aliphatic heterocycles. The molecule has 1 unspecified atom stereocenters. The first-order chi connectivity index (χ1) is 12.1. The summed E-state index contributed by atoms with van der Waals surface area (Å²) < 4.78 is 0. The summed E-state index contributed by atoms with van der Waals surface area (Å²) in [5.41, 5.74) is 3.16. The van der Waals surface area contributed by atoms with Gasteiger partial charge in [0, 0.05) is 10.4 Å². The first kappa shape index (κ1) is 18.1. The van der Waals surface area contributed by atoms with Crippen LogP contribution in [-0.2, 0) is 11.2 Å². The van der Waals surface area contributed by atoms with E-state index in [1.807, 2.05) is 6.92 Å². The minimum Gasteiger partial charge on any atom is -0.394 e. The number of amides is 1. The van der Waals surface area contributed by atoms with Crippen LogP contribution in [-0.4, -0.2) is 28.6 Å². The molecule has 0 radical (unpaired) electrons. The molecule has 1 saturated carbocycles. The van der Waals surface area contributed by atoms with Gasteiger partial charge in [-0.1, -0.05) is 42.7 Å². The number of aryl methyl sites for hydroxylation is 2. The fourth-order valence-electron chi connectivity index (χ4n) is 3.60. The van der Waals surface area contributed by atoms with Crippen molar-refractivity contribution in [3.63, 3.8) is 0 Å². The van der Waals surface area contributed by atoms with Gasteiger partial charge >= 0.3 is 0 Å². The highest BCUT2D eigenvalue weighted by atomic mass is 32.1. The monoisotopic (exact) mass is 358 g/mol. The van der Waals surface area contributed by atoms with E-state index in [1.54, 1.807) is 11.3 Å². The van der Waals surface area contributed by atoms with Gasteiger partial charge in [0.15, 0.2) is 0 Å². The SMILES string of the molecule is Cc1ccc(-c2nc(C)sc2CC(=O)NC(CO)C2CCCC2)cc1. The first-order valence-electron chi connectivity index (χ1n) is 9.00. The Morgan fingerprint density at radius 3 is 2.60 bits per heavy atom. The molecule has 2 N–H and O–H groups in total. The molecule has 1 atom stereocenters. The quantitative estimate of drug-likeness (QED) is 0.829.